The van der Waals surface area contributed by atoms with Crippen molar-refractivity contribution in [2.75, 3.05) is 11.9 Å². The van der Waals surface area contributed by atoms with Crippen LogP contribution in [0, 0.1) is 3.57 Å². The van der Waals surface area contributed by atoms with E-state index in [0.29, 0.717) is 6.04 Å². The maximum atomic E-state index is 4.29. The van der Waals surface area contributed by atoms with E-state index in [9.17, 15) is 0 Å². The molecular formula is C10H16IN3. The van der Waals surface area contributed by atoms with Gasteiger partial charge in [0, 0.05) is 19.3 Å². The number of nitrogens with zero attached hydrogens (tertiary/aromatic N) is 3. The first-order valence-corrected chi connectivity index (χ1v) is 5.93. The molecule has 1 heterocycles. The van der Waals surface area contributed by atoms with Gasteiger partial charge in [-0.15, -0.1) is 0 Å². The highest BCUT2D eigenvalue weighted by atomic mass is 127. The molecule has 0 aliphatic carbocycles. The summed E-state index contributed by atoms with van der Waals surface area (Å²) in [6.07, 6.45) is 5.84. The van der Waals surface area contributed by atoms with E-state index in [0.717, 1.165) is 9.39 Å². The van der Waals surface area contributed by atoms with Crippen molar-refractivity contribution in [2.45, 2.75) is 32.7 Å². The first kappa shape index (κ1) is 11.7. The fourth-order valence-electron chi connectivity index (χ4n) is 1.39. The molecule has 78 valence electrons. The summed E-state index contributed by atoms with van der Waals surface area (Å²) in [4.78, 5) is 10.5. The summed E-state index contributed by atoms with van der Waals surface area (Å²) in [7, 11) is 2.09. The molecule has 1 atom stereocenters. The van der Waals surface area contributed by atoms with E-state index in [1.165, 1.54) is 12.8 Å². The van der Waals surface area contributed by atoms with Crippen LogP contribution in [0.25, 0.3) is 0 Å². The fraction of sp³-hybridized carbons (Fsp3) is 0.600. The lowest BCUT2D eigenvalue weighted by molar-refractivity contribution is 0.609. The highest BCUT2D eigenvalue weighted by Gasteiger charge is 2.12. The van der Waals surface area contributed by atoms with E-state index in [4.69, 9.17) is 0 Å². The Morgan fingerprint density at radius 1 is 1.57 bits per heavy atom. The summed E-state index contributed by atoms with van der Waals surface area (Å²) < 4.78 is 1.11. The number of rotatable bonds is 4. The zero-order valence-electron chi connectivity index (χ0n) is 8.87. The molecule has 0 aromatic carbocycles. The van der Waals surface area contributed by atoms with Crippen LogP contribution >= 0.6 is 22.6 Å². The maximum absolute atomic E-state index is 4.29. The molecule has 0 aliphatic rings. The van der Waals surface area contributed by atoms with Crippen LogP contribution in [0.5, 0.6) is 0 Å². The second kappa shape index (κ2) is 5.48. The molecule has 0 amide bonds. The topological polar surface area (TPSA) is 29.0 Å². The van der Waals surface area contributed by atoms with Crippen LogP contribution < -0.4 is 4.90 Å². The number of hydrogen-bond donors (Lipinski definition) is 0. The fourth-order valence-corrected chi connectivity index (χ4v) is 2.07. The molecule has 1 rings (SSSR count). The largest absolute Gasteiger partial charge is 0.356 e. The third-order valence-corrected chi connectivity index (χ3v) is 3.11. The highest BCUT2D eigenvalue weighted by Crippen LogP contribution is 2.19. The van der Waals surface area contributed by atoms with Gasteiger partial charge in [-0.05, 0) is 35.9 Å². The van der Waals surface area contributed by atoms with Crippen molar-refractivity contribution in [3.05, 3.63) is 16.1 Å². The first-order valence-electron chi connectivity index (χ1n) is 4.85. The Morgan fingerprint density at radius 2 is 2.29 bits per heavy atom. The van der Waals surface area contributed by atoms with Gasteiger partial charge in [-0.25, -0.2) is 9.97 Å². The quantitative estimate of drug-likeness (QED) is 0.801. The summed E-state index contributed by atoms with van der Waals surface area (Å²) in [6, 6.07) is 0.531. The van der Waals surface area contributed by atoms with Gasteiger partial charge in [-0.1, -0.05) is 13.3 Å². The highest BCUT2D eigenvalue weighted by molar-refractivity contribution is 14.1. The van der Waals surface area contributed by atoms with Gasteiger partial charge < -0.3 is 4.90 Å². The Labute approximate surface area is 99.1 Å². The van der Waals surface area contributed by atoms with Crippen molar-refractivity contribution in [2.24, 2.45) is 0 Å². The van der Waals surface area contributed by atoms with Gasteiger partial charge in [0.05, 0.1) is 3.57 Å². The van der Waals surface area contributed by atoms with E-state index < -0.39 is 0 Å². The van der Waals surface area contributed by atoms with Crippen LogP contribution in [0.1, 0.15) is 26.7 Å². The normalized spacial score (nSPS) is 12.6. The molecule has 1 unspecified atom stereocenters. The van der Waals surface area contributed by atoms with E-state index >= 15 is 0 Å². The summed E-state index contributed by atoms with van der Waals surface area (Å²) >= 11 is 2.27. The third-order valence-electron chi connectivity index (χ3n) is 2.35. The van der Waals surface area contributed by atoms with Gasteiger partial charge in [0.25, 0.3) is 0 Å². The van der Waals surface area contributed by atoms with Crippen LogP contribution in [0.2, 0.25) is 0 Å². The van der Waals surface area contributed by atoms with Crippen molar-refractivity contribution in [1.82, 2.24) is 9.97 Å². The zero-order chi connectivity index (χ0) is 10.6. The summed E-state index contributed by atoms with van der Waals surface area (Å²) in [6.45, 7) is 4.43. The molecule has 0 spiro atoms. The third kappa shape index (κ3) is 2.80. The minimum Gasteiger partial charge on any atom is -0.356 e. The van der Waals surface area contributed by atoms with Crippen LogP contribution in [0.15, 0.2) is 12.5 Å². The van der Waals surface area contributed by atoms with Gasteiger partial charge in [-0.3, -0.25) is 0 Å². The number of halogens is 1. The lowest BCUT2D eigenvalue weighted by Crippen LogP contribution is -2.30. The van der Waals surface area contributed by atoms with Gasteiger partial charge in [0.2, 0.25) is 0 Å². The Bertz CT molecular complexity index is 290. The summed E-state index contributed by atoms with van der Waals surface area (Å²) in [5.41, 5.74) is 0. The van der Waals surface area contributed by atoms with Crippen molar-refractivity contribution >= 4 is 28.4 Å². The molecule has 0 bridgehead atoms. The molecule has 0 fully saturated rings. The minimum atomic E-state index is 0.531. The average molecular weight is 305 g/mol. The standard InChI is InChI=1S/C10H16IN3/c1-4-5-8(2)14(3)10-9(11)6-12-7-13-10/h6-8H,4-5H2,1-3H3. The lowest BCUT2D eigenvalue weighted by atomic mass is 10.2. The average Bonchev–Trinajstić information content (AvgIpc) is 2.18. The number of anilines is 1. The van der Waals surface area contributed by atoms with E-state index in [1.807, 2.05) is 6.20 Å². The van der Waals surface area contributed by atoms with Crippen molar-refractivity contribution in [3.8, 4) is 0 Å². The van der Waals surface area contributed by atoms with Crippen molar-refractivity contribution in [1.29, 1.82) is 0 Å². The van der Waals surface area contributed by atoms with Crippen LogP contribution in [-0.2, 0) is 0 Å². The summed E-state index contributed by atoms with van der Waals surface area (Å²) in [5, 5.41) is 0. The van der Waals surface area contributed by atoms with Crippen LogP contribution in [0.3, 0.4) is 0 Å². The molecule has 4 heteroatoms. The predicted octanol–water partition coefficient (Wildman–Crippen LogP) is 2.71. The minimum absolute atomic E-state index is 0.531. The van der Waals surface area contributed by atoms with Gasteiger partial charge >= 0.3 is 0 Å². The monoisotopic (exact) mass is 305 g/mol. The van der Waals surface area contributed by atoms with E-state index in [-0.39, 0.29) is 0 Å². The van der Waals surface area contributed by atoms with E-state index in [1.54, 1.807) is 6.33 Å². The molecule has 0 N–H and O–H groups in total. The van der Waals surface area contributed by atoms with Crippen molar-refractivity contribution < 1.29 is 0 Å². The second-order valence-electron chi connectivity index (χ2n) is 3.44. The molecule has 0 aliphatic heterocycles. The molecule has 14 heavy (non-hydrogen) atoms. The predicted molar refractivity (Wildman–Crippen MR) is 67.5 cm³/mol. The Hall–Kier alpha value is -0.390. The molecule has 0 radical (unpaired) electrons. The molecule has 0 saturated carbocycles. The summed E-state index contributed by atoms with van der Waals surface area (Å²) in [5.74, 6) is 1.03. The molecule has 0 saturated heterocycles. The van der Waals surface area contributed by atoms with E-state index in [2.05, 4.69) is 58.4 Å². The molecule has 1 aromatic heterocycles. The maximum Gasteiger partial charge on any atom is 0.145 e. The van der Waals surface area contributed by atoms with Gasteiger partial charge in [0.15, 0.2) is 0 Å². The molecular weight excluding hydrogens is 289 g/mol. The lowest BCUT2D eigenvalue weighted by Gasteiger charge is -2.26. The SMILES string of the molecule is CCCC(C)N(C)c1ncncc1I. The Kier molecular flexibility index (Phi) is 4.57. The zero-order valence-corrected chi connectivity index (χ0v) is 11.0. The van der Waals surface area contributed by atoms with Crippen molar-refractivity contribution in [3.63, 3.8) is 0 Å². The van der Waals surface area contributed by atoms with Crippen LogP contribution in [0.4, 0.5) is 5.82 Å². The Morgan fingerprint density at radius 3 is 2.86 bits per heavy atom. The number of hydrogen-bond acceptors (Lipinski definition) is 3. The van der Waals surface area contributed by atoms with Crippen LogP contribution in [-0.4, -0.2) is 23.1 Å². The Balaban J connectivity index is 2.78. The second-order valence-corrected chi connectivity index (χ2v) is 4.61. The first-order chi connectivity index (χ1) is 6.66. The smallest absolute Gasteiger partial charge is 0.145 e. The van der Waals surface area contributed by atoms with Gasteiger partial charge in [0.1, 0.15) is 12.1 Å². The molecule has 1 aromatic rings. The number of aromatic nitrogens is 2. The van der Waals surface area contributed by atoms with Gasteiger partial charge in [-0.2, -0.15) is 0 Å². The molecule has 3 nitrogen and oxygen atoms in total.